The molecule has 0 aromatic heterocycles. The molecule has 3 saturated carbocycles. The van der Waals surface area contributed by atoms with Crippen LogP contribution in [0.1, 0.15) is 78.6 Å². The Morgan fingerprint density at radius 1 is 1.17 bits per heavy atom. The van der Waals surface area contributed by atoms with Gasteiger partial charge < -0.3 is 9.47 Å². The molecule has 0 N–H and O–H groups in total. The van der Waals surface area contributed by atoms with E-state index in [1.54, 1.807) is 0 Å². The van der Waals surface area contributed by atoms with Gasteiger partial charge in [-0.3, -0.25) is 0 Å². The molecule has 1 heterocycles. The number of allylic oxidation sites excluding steroid dienone is 1. The SMILES string of the molecule is C=CCC[C@@]12CCC[C@]1(O[C@@H]1CC3CC[C@]1(C)C3(C)C)OCC2. The lowest BCUT2D eigenvalue weighted by molar-refractivity contribution is -0.287. The largest absolute Gasteiger partial charge is 0.349 e. The van der Waals surface area contributed by atoms with E-state index in [1.165, 1.54) is 44.9 Å². The van der Waals surface area contributed by atoms with Crippen molar-refractivity contribution in [3.63, 3.8) is 0 Å². The molecule has 0 spiro atoms. The van der Waals surface area contributed by atoms with E-state index in [-0.39, 0.29) is 11.2 Å². The van der Waals surface area contributed by atoms with Crippen LogP contribution < -0.4 is 0 Å². The molecule has 0 aromatic carbocycles. The van der Waals surface area contributed by atoms with Crippen LogP contribution in [-0.2, 0) is 9.47 Å². The van der Waals surface area contributed by atoms with Crippen LogP contribution in [0.15, 0.2) is 12.7 Å². The van der Waals surface area contributed by atoms with E-state index in [2.05, 4.69) is 33.4 Å². The fourth-order valence-electron chi connectivity index (χ4n) is 6.64. The van der Waals surface area contributed by atoms with Gasteiger partial charge in [0.1, 0.15) is 0 Å². The van der Waals surface area contributed by atoms with Crippen LogP contribution in [0, 0.1) is 22.2 Å². The Labute approximate surface area is 142 Å². The number of hydrogen-bond acceptors (Lipinski definition) is 2. The second-order valence-corrected chi connectivity index (χ2v) is 9.53. The van der Waals surface area contributed by atoms with E-state index < -0.39 is 0 Å². The van der Waals surface area contributed by atoms with Gasteiger partial charge in [0.05, 0.1) is 12.7 Å². The molecule has 3 aliphatic carbocycles. The first kappa shape index (κ1) is 16.1. The van der Waals surface area contributed by atoms with Gasteiger partial charge in [0.25, 0.3) is 0 Å². The molecule has 0 aromatic rings. The van der Waals surface area contributed by atoms with Crippen LogP contribution in [0.3, 0.4) is 0 Å². The molecule has 4 fully saturated rings. The second kappa shape index (κ2) is 5.08. The maximum atomic E-state index is 7.00. The first-order chi connectivity index (χ1) is 10.9. The lowest BCUT2D eigenvalue weighted by atomic mass is 9.69. The van der Waals surface area contributed by atoms with E-state index in [1.807, 2.05) is 0 Å². The highest BCUT2D eigenvalue weighted by Gasteiger charge is 2.67. The summed E-state index contributed by atoms with van der Waals surface area (Å²) >= 11 is 0. The lowest BCUT2D eigenvalue weighted by Gasteiger charge is -2.46. The van der Waals surface area contributed by atoms with E-state index >= 15 is 0 Å². The zero-order chi connectivity index (χ0) is 16.3. The zero-order valence-corrected chi connectivity index (χ0v) is 15.3. The van der Waals surface area contributed by atoms with Gasteiger partial charge in [-0.1, -0.05) is 26.8 Å². The summed E-state index contributed by atoms with van der Waals surface area (Å²) in [5, 5.41) is 0. The Hall–Kier alpha value is -0.340. The number of rotatable bonds is 5. The monoisotopic (exact) mass is 318 g/mol. The Balaban J connectivity index is 1.60. The van der Waals surface area contributed by atoms with Crippen LogP contribution in [0.2, 0.25) is 0 Å². The van der Waals surface area contributed by atoms with E-state index in [0.717, 1.165) is 25.4 Å². The van der Waals surface area contributed by atoms with Crippen molar-refractivity contribution >= 4 is 0 Å². The van der Waals surface area contributed by atoms with Crippen molar-refractivity contribution in [2.75, 3.05) is 6.61 Å². The van der Waals surface area contributed by atoms with Crippen molar-refractivity contribution in [1.29, 1.82) is 0 Å². The summed E-state index contributed by atoms with van der Waals surface area (Å²) in [7, 11) is 0. The molecule has 0 radical (unpaired) electrons. The Kier molecular flexibility index (Phi) is 3.57. The summed E-state index contributed by atoms with van der Waals surface area (Å²) in [6, 6.07) is 0. The fourth-order valence-corrected chi connectivity index (χ4v) is 6.64. The molecule has 4 aliphatic rings. The molecule has 1 unspecified atom stereocenters. The number of hydrogen-bond donors (Lipinski definition) is 0. The molecule has 2 bridgehead atoms. The summed E-state index contributed by atoms with van der Waals surface area (Å²) in [5.41, 5.74) is 0.990. The predicted octanol–water partition coefficient (Wildman–Crippen LogP) is 5.47. The van der Waals surface area contributed by atoms with Gasteiger partial charge in [0.15, 0.2) is 5.79 Å². The normalized spacial score (nSPS) is 50.4. The number of ether oxygens (including phenoxy) is 2. The Morgan fingerprint density at radius 3 is 2.65 bits per heavy atom. The molecule has 2 heteroatoms. The van der Waals surface area contributed by atoms with Gasteiger partial charge in [-0.05, 0) is 68.1 Å². The van der Waals surface area contributed by atoms with Gasteiger partial charge in [-0.2, -0.15) is 0 Å². The molecular formula is C21H34O2. The van der Waals surface area contributed by atoms with Crippen molar-refractivity contribution in [3.8, 4) is 0 Å². The third-order valence-corrected chi connectivity index (χ3v) is 8.76. The Morgan fingerprint density at radius 2 is 2.00 bits per heavy atom. The predicted molar refractivity (Wildman–Crippen MR) is 93.1 cm³/mol. The molecule has 4 rings (SSSR count). The zero-order valence-electron chi connectivity index (χ0n) is 15.3. The van der Waals surface area contributed by atoms with Gasteiger partial charge in [0, 0.05) is 11.8 Å². The fraction of sp³-hybridized carbons (Fsp3) is 0.905. The second-order valence-electron chi connectivity index (χ2n) is 9.53. The average Bonchev–Trinajstić information content (AvgIpc) is 3.12. The summed E-state index contributed by atoms with van der Waals surface area (Å²) in [5.74, 6) is 0.545. The maximum Gasteiger partial charge on any atom is 0.174 e. The van der Waals surface area contributed by atoms with E-state index in [4.69, 9.17) is 9.47 Å². The van der Waals surface area contributed by atoms with Crippen LogP contribution >= 0.6 is 0 Å². The lowest BCUT2D eigenvalue weighted by Crippen LogP contribution is -2.49. The number of fused-ring (bicyclic) bond motifs is 3. The molecule has 130 valence electrons. The minimum absolute atomic E-state index is 0.253. The average molecular weight is 319 g/mol. The third-order valence-electron chi connectivity index (χ3n) is 8.76. The van der Waals surface area contributed by atoms with Gasteiger partial charge in [0.2, 0.25) is 0 Å². The molecule has 1 saturated heterocycles. The topological polar surface area (TPSA) is 18.5 Å². The quantitative estimate of drug-likeness (QED) is 0.626. The summed E-state index contributed by atoms with van der Waals surface area (Å²) in [6.45, 7) is 12.2. The molecular weight excluding hydrogens is 284 g/mol. The molecule has 1 aliphatic heterocycles. The van der Waals surface area contributed by atoms with Crippen LogP contribution in [0.4, 0.5) is 0 Å². The maximum absolute atomic E-state index is 7.00. The molecule has 0 amide bonds. The van der Waals surface area contributed by atoms with Crippen molar-refractivity contribution in [3.05, 3.63) is 12.7 Å². The highest BCUT2D eigenvalue weighted by atomic mass is 16.7. The van der Waals surface area contributed by atoms with Crippen molar-refractivity contribution in [1.82, 2.24) is 0 Å². The first-order valence-corrected chi connectivity index (χ1v) is 9.82. The van der Waals surface area contributed by atoms with Crippen molar-refractivity contribution in [2.24, 2.45) is 22.2 Å². The summed E-state index contributed by atoms with van der Waals surface area (Å²) < 4.78 is 13.4. The van der Waals surface area contributed by atoms with Crippen LogP contribution in [0.5, 0.6) is 0 Å². The third kappa shape index (κ3) is 1.94. The van der Waals surface area contributed by atoms with Crippen LogP contribution in [-0.4, -0.2) is 18.5 Å². The molecule has 2 nitrogen and oxygen atoms in total. The van der Waals surface area contributed by atoms with Crippen LogP contribution in [0.25, 0.3) is 0 Å². The van der Waals surface area contributed by atoms with E-state index in [9.17, 15) is 0 Å². The smallest absolute Gasteiger partial charge is 0.174 e. The summed E-state index contributed by atoms with van der Waals surface area (Å²) in [4.78, 5) is 0. The highest BCUT2D eigenvalue weighted by Crippen LogP contribution is 2.68. The minimum atomic E-state index is -0.287. The van der Waals surface area contributed by atoms with E-state index in [0.29, 0.717) is 16.9 Å². The molecule has 23 heavy (non-hydrogen) atoms. The van der Waals surface area contributed by atoms with Crippen molar-refractivity contribution < 1.29 is 9.47 Å². The van der Waals surface area contributed by atoms with Gasteiger partial charge in [-0.15, -0.1) is 6.58 Å². The molecule has 5 atom stereocenters. The standard InChI is InChI=1S/C21H34O2/c1-5-6-9-20-10-7-11-21(20,22-14-13-20)23-17-15-16-8-12-19(17,4)18(16,2)3/h5,16-17H,1,6-15H2,2-4H3/t16?,17-,19+,20+,21-/m1/s1. The summed E-state index contributed by atoms with van der Waals surface area (Å²) in [6.07, 6.45) is 13.5. The minimum Gasteiger partial charge on any atom is -0.349 e. The van der Waals surface area contributed by atoms with Gasteiger partial charge >= 0.3 is 0 Å². The van der Waals surface area contributed by atoms with Gasteiger partial charge in [-0.25, -0.2) is 0 Å². The first-order valence-electron chi connectivity index (χ1n) is 9.82. The highest BCUT2D eigenvalue weighted by molar-refractivity contribution is 5.13. The van der Waals surface area contributed by atoms with Crippen molar-refractivity contribution in [2.45, 2.75) is 90.4 Å². The Bertz CT molecular complexity index is 484.